The van der Waals surface area contributed by atoms with Gasteiger partial charge in [0.05, 0.1) is 6.54 Å². The highest BCUT2D eigenvalue weighted by Gasteiger charge is 2.09. The summed E-state index contributed by atoms with van der Waals surface area (Å²) in [4.78, 5) is 0. The molecule has 3 aromatic rings. The summed E-state index contributed by atoms with van der Waals surface area (Å²) in [6, 6.07) is 24.4. The van der Waals surface area contributed by atoms with Crippen LogP contribution in [0.1, 0.15) is 23.6 Å². The van der Waals surface area contributed by atoms with Gasteiger partial charge >= 0.3 is 0 Å². The topological polar surface area (TPSA) is 30.5 Å². The minimum absolute atomic E-state index is 0.0543. The molecule has 0 saturated heterocycles. The second kappa shape index (κ2) is 9.13. The van der Waals surface area contributed by atoms with Crippen LogP contribution in [0, 0.1) is 13.8 Å². The quantitative estimate of drug-likeness (QED) is 0.553. The summed E-state index contributed by atoms with van der Waals surface area (Å²) in [5.74, 6) is 1.83. The van der Waals surface area contributed by atoms with Gasteiger partial charge in [0.2, 0.25) is 0 Å². The molecule has 0 radical (unpaired) electrons. The van der Waals surface area contributed by atoms with E-state index in [4.69, 9.17) is 9.47 Å². The van der Waals surface area contributed by atoms with Crippen LogP contribution in [0.25, 0.3) is 0 Å². The summed E-state index contributed by atoms with van der Waals surface area (Å²) in [5, 5.41) is 3.44. The van der Waals surface area contributed by atoms with E-state index in [1.54, 1.807) is 0 Å². The molecule has 1 atom stereocenters. The zero-order valence-corrected chi connectivity index (χ0v) is 16.2. The Bertz CT molecular complexity index is 841. The number of rotatable bonds is 8. The first-order valence-corrected chi connectivity index (χ1v) is 9.35. The van der Waals surface area contributed by atoms with Crippen LogP contribution >= 0.6 is 0 Å². The van der Waals surface area contributed by atoms with Crippen LogP contribution in [0.4, 0.5) is 5.69 Å². The van der Waals surface area contributed by atoms with Crippen molar-refractivity contribution < 1.29 is 9.47 Å². The van der Waals surface area contributed by atoms with Crippen molar-refractivity contribution in [1.29, 1.82) is 0 Å². The summed E-state index contributed by atoms with van der Waals surface area (Å²) in [6.07, 6.45) is 0.0543. The average Bonchev–Trinajstić information content (AvgIpc) is 2.69. The van der Waals surface area contributed by atoms with Gasteiger partial charge in [-0.2, -0.15) is 0 Å². The number of aryl methyl sites for hydroxylation is 2. The fourth-order valence-corrected chi connectivity index (χ4v) is 2.93. The van der Waals surface area contributed by atoms with E-state index in [1.165, 1.54) is 0 Å². The van der Waals surface area contributed by atoms with Crippen molar-refractivity contribution in [2.45, 2.75) is 33.5 Å². The smallest absolute Gasteiger partial charge is 0.125 e. The predicted molar refractivity (Wildman–Crippen MR) is 112 cm³/mol. The van der Waals surface area contributed by atoms with Crippen LogP contribution in [-0.2, 0) is 6.61 Å². The summed E-state index contributed by atoms with van der Waals surface area (Å²) in [5.41, 5.74) is 4.51. The zero-order valence-electron chi connectivity index (χ0n) is 16.2. The Morgan fingerprint density at radius 3 is 2.30 bits per heavy atom. The van der Waals surface area contributed by atoms with Crippen molar-refractivity contribution in [1.82, 2.24) is 0 Å². The molecule has 27 heavy (non-hydrogen) atoms. The largest absolute Gasteiger partial charge is 0.489 e. The number of nitrogens with one attached hydrogen (secondary N) is 1. The second-order valence-corrected chi connectivity index (χ2v) is 6.83. The molecule has 0 spiro atoms. The Kier molecular flexibility index (Phi) is 6.37. The van der Waals surface area contributed by atoms with Gasteiger partial charge < -0.3 is 14.8 Å². The molecule has 1 unspecified atom stereocenters. The van der Waals surface area contributed by atoms with E-state index >= 15 is 0 Å². The Labute approximate surface area is 162 Å². The number of benzene rings is 3. The molecule has 0 saturated carbocycles. The van der Waals surface area contributed by atoms with Crippen LogP contribution in [0.15, 0.2) is 72.8 Å². The van der Waals surface area contributed by atoms with Gasteiger partial charge in [-0.25, -0.2) is 0 Å². The molecule has 0 aromatic heterocycles. The lowest BCUT2D eigenvalue weighted by atomic mass is 10.1. The van der Waals surface area contributed by atoms with E-state index in [9.17, 15) is 0 Å². The van der Waals surface area contributed by atoms with Crippen LogP contribution in [-0.4, -0.2) is 12.6 Å². The predicted octanol–water partition coefficient (Wildman–Crippen LogP) is 5.76. The van der Waals surface area contributed by atoms with Gasteiger partial charge in [-0.1, -0.05) is 54.6 Å². The number of ether oxygens (including phenoxy) is 2. The van der Waals surface area contributed by atoms with E-state index in [0.717, 1.165) is 40.4 Å². The maximum absolute atomic E-state index is 6.14. The molecule has 0 bridgehead atoms. The SMILES string of the molecule is Cc1cccc(C)c1OC(C)CNc1cccc(OCc2ccccc2)c1. The first-order chi connectivity index (χ1) is 13.1. The highest BCUT2D eigenvalue weighted by Crippen LogP contribution is 2.24. The lowest BCUT2D eigenvalue weighted by Crippen LogP contribution is -2.23. The van der Waals surface area contributed by atoms with Crippen molar-refractivity contribution in [3.05, 3.63) is 89.5 Å². The molecule has 0 aliphatic heterocycles. The van der Waals surface area contributed by atoms with Crippen molar-refractivity contribution in [3.63, 3.8) is 0 Å². The Hall–Kier alpha value is -2.94. The summed E-state index contributed by atoms with van der Waals surface area (Å²) in [6.45, 7) is 7.52. The van der Waals surface area contributed by atoms with E-state index in [0.29, 0.717) is 6.61 Å². The van der Waals surface area contributed by atoms with Gasteiger partial charge in [0.25, 0.3) is 0 Å². The van der Waals surface area contributed by atoms with E-state index in [-0.39, 0.29) is 6.10 Å². The third-order valence-electron chi connectivity index (χ3n) is 4.40. The van der Waals surface area contributed by atoms with Crippen molar-refractivity contribution in [3.8, 4) is 11.5 Å². The molecule has 0 aliphatic carbocycles. The number of hydrogen-bond donors (Lipinski definition) is 1. The van der Waals surface area contributed by atoms with Gasteiger partial charge in [-0.15, -0.1) is 0 Å². The molecule has 0 aliphatic rings. The van der Waals surface area contributed by atoms with Crippen LogP contribution in [0.3, 0.4) is 0 Å². The molecule has 0 fully saturated rings. The Morgan fingerprint density at radius 1 is 0.852 bits per heavy atom. The monoisotopic (exact) mass is 361 g/mol. The fourth-order valence-electron chi connectivity index (χ4n) is 2.93. The van der Waals surface area contributed by atoms with E-state index < -0.39 is 0 Å². The van der Waals surface area contributed by atoms with Gasteiger partial charge in [0, 0.05) is 11.8 Å². The lowest BCUT2D eigenvalue weighted by Gasteiger charge is -2.19. The fraction of sp³-hybridized carbons (Fsp3) is 0.250. The normalized spacial score (nSPS) is 11.7. The minimum Gasteiger partial charge on any atom is -0.489 e. The average molecular weight is 361 g/mol. The van der Waals surface area contributed by atoms with Crippen molar-refractivity contribution >= 4 is 5.69 Å². The first kappa shape index (κ1) is 18.8. The van der Waals surface area contributed by atoms with E-state index in [1.807, 2.05) is 42.5 Å². The molecule has 3 aromatic carbocycles. The zero-order chi connectivity index (χ0) is 19.1. The highest BCUT2D eigenvalue weighted by atomic mass is 16.5. The number of para-hydroxylation sites is 1. The second-order valence-electron chi connectivity index (χ2n) is 6.83. The van der Waals surface area contributed by atoms with Gasteiger partial charge in [-0.05, 0) is 49.6 Å². The molecule has 3 rings (SSSR count). The molecule has 3 heteroatoms. The summed E-state index contributed by atoms with van der Waals surface area (Å²) >= 11 is 0. The Morgan fingerprint density at radius 2 is 1.56 bits per heavy atom. The van der Waals surface area contributed by atoms with Crippen LogP contribution in [0.5, 0.6) is 11.5 Å². The molecule has 1 N–H and O–H groups in total. The summed E-state index contributed by atoms with van der Waals surface area (Å²) in [7, 11) is 0. The third kappa shape index (κ3) is 5.52. The third-order valence-corrected chi connectivity index (χ3v) is 4.40. The Balaban J connectivity index is 1.53. The molecule has 0 amide bonds. The maximum atomic E-state index is 6.14. The van der Waals surface area contributed by atoms with Crippen LogP contribution < -0.4 is 14.8 Å². The minimum atomic E-state index is 0.0543. The molecule has 0 heterocycles. The van der Waals surface area contributed by atoms with Gasteiger partial charge in [0.1, 0.15) is 24.2 Å². The standard InChI is InChI=1S/C24H27NO2/c1-18-9-7-10-19(2)24(18)27-20(3)16-25-22-13-8-14-23(15-22)26-17-21-11-5-4-6-12-21/h4-15,20,25H,16-17H2,1-3H3. The number of anilines is 1. The van der Waals surface area contributed by atoms with Gasteiger partial charge in [-0.3, -0.25) is 0 Å². The molecular formula is C24H27NO2. The summed E-state index contributed by atoms with van der Waals surface area (Å²) < 4.78 is 12.0. The molecular weight excluding hydrogens is 334 g/mol. The molecule has 140 valence electrons. The highest BCUT2D eigenvalue weighted by molar-refractivity contribution is 5.48. The van der Waals surface area contributed by atoms with Crippen molar-refractivity contribution in [2.24, 2.45) is 0 Å². The first-order valence-electron chi connectivity index (χ1n) is 9.35. The molecule has 3 nitrogen and oxygen atoms in total. The van der Waals surface area contributed by atoms with Gasteiger partial charge in [0.15, 0.2) is 0 Å². The maximum Gasteiger partial charge on any atom is 0.125 e. The van der Waals surface area contributed by atoms with Crippen molar-refractivity contribution in [2.75, 3.05) is 11.9 Å². The lowest BCUT2D eigenvalue weighted by molar-refractivity contribution is 0.231. The number of hydrogen-bond acceptors (Lipinski definition) is 3. The van der Waals surface area contributed by atoms with Crippen LogP contribution in [0.2, 0.25) is 0 Å². The van der Waals surface area contributed by atoms with E-state index in [2.05, 4.69) is 56.4 Å².